The number of imidazole rings is 1. The van der Waals surface area contributed by atoms with Gasteiger partial charge in [0.25, 0.3) is 0 Å². The van der Waals surface area contributed by atoms with Crippen molar-refractivity contribution in [1.29, 1.82) is 0 Å². The first-order chi connectivity index (χ1) is 13.3. The van der Waals surface area contributed by atoms with E-state index < -0.39 is 0 Å². The molecule has 0 saturated carbocycles. The molecule has 0 fully saturated rings. The number of aromatic nitrogens is 3. The molecule has 2 heterocycles. The van der Waals surface area contributed by atoms with Gasteiger partial charge in [-0.15, -0.1) is 0 Å². The van der Waals surface area contributed by atoms with Gasteiger partial charge in [0.15, 0.2) is 5.82 Å². The van der Waals surface area contributed by atoms with E-state index in [9.17, 15) is 4.39 Å². The zero-order chi connectivity index (χ0) is 18.6. The molecular weight excluding hydrogens is 341 g/mol. The fraction of sp³-hybridized carbons (Fsp3) is 0.429. The van der Waals surface area contributed by atoms with Gasteiger partial charge in [0.1, 0.15) is 11.3 Å². The predicted octanol–water partition coefficient (Wildman–Crippen LogP) is 3.72. The highest BCUT2D eigenvalue weighted by Crippen LogP contribution is 2.33. The van der Waals surface area contributed by atoms with E-state index in [0.717, 1.165) is 50.0 Å². The van der Waals surface area contributed by atoms with Crippen LogP contribution in [-0.2, 0) is 13.0 Å². The highest BCUT2D eigenvalue weighted by Gasteiger charge is 2.27. The Balaban J connectivity index is 1.62. The highest BCUT2D eigenvalue weighted by molar-refractivity contribution is 5.75. The Morgan fingerprint density at radius 3 is 3.00 bits per heavy atom. The number of pyridine rings is 1. The Hall–Kier alpha value is -2.31. The van der Waals surface area contributed by atoms with Gasteiger partial charge in [-0.2, -0.15) is 0 Å². The number of para-hydroxylation sites is 1. The van der Waals surface area contributed by atoms with Crippen LogP contribution >= 0.6 is 0 Å². The van der Waals surface area contributed by atoms with Gasteiger partial charge in [0.2, 0.25) is 0 Å². The number of unbranched alkanes of at least 4 members (excludes halogenated alkanes) is 1. The van der Waals surface area contributed by atoms with Gasteiger partial charge in [-0.25, -0.2) is 9.37 Å². The number of aromatic amines is 1. The third-order valence-corrected chi connectivity index (χ3v) is 5.37. The lowest BCUT2D eigenvalue weighted by atomic mass is 9.90. The lowest BCUT2D eigenvalue weighted by Crippen LogP contribution is -2.33. The van der Waals surface area contributed by atoms with Crippen LogP contribution in [0.2, 0.25) is 0 Å². The zero-order valence-electron chi connectivity index (χ0n) is 15.5. The molecular formula is C21H26FN5. The Morgan fingerprint density at radius 2 is 2.15 bits per heavy atom. The molecule has 4 rings (SSSR count). The maximum absolute atomic E-state index is 14.0. The first-order valence-electron chi connectivity index (χ1n) is 9.77. The van der Waals surface area contributed by atoms with Crippen molar-refractivity contribution in [1.82, 2.24) is 19.9 Å². The predicted molar refractivity (Wildman–Crippen MR) is 105 cm³/mol. The zero-order valence-corrected chi connectivity index (χ0v) is 15.5. The molecule has 6 heteroatoms. The Morgan fingerprint density at radius 1 is 1.22 bits per heavy atom. The maximum Gasteiger partial charge on any atom is 0.151 e. The molecule has 0 spiro atoms. The van der Waals surface area contributed by atoms with Crippen LogP contribution < -0.4 is 5.73 Å². The van der Waals surface area contributed by atoms with E-state index in [1.54, 1.807) is 6.07 Å². The Bertz CT molecular complexity index is 906. The molecule has 3 N–H and O–H groups in total. The Labute approximate surface area is 158 Å². The average molecular weight is 367 g/mol. The van der Waals surface area contributed by atoms with Crippen LogP contribution in [0.4, 0.5) is 4.39 Å². The molecule has 1 aliphatic rings. The molecule has 1 unspecified atom stereocenters. The summed E-state index contributed by atoms with van der Waals surface area (Å²) in [4.78, 5) is 14.9. The molecule has 1 aromatic carbocycles. The van der Waals surface area contributed by atoms with Gasteiger partial charge in [-0.3, -0.25) is 9.88 Å². The van der Waals surface area contributed by atoms with Gasteiger partial charge in [0.05, 0.1) is 23.8 Å². The normalized spacial score (nSPS) is 16.8. The van der Waals surface area contributed by atoms with Gasteiger partial charge in [0, 0.05) is 6.20 Å². The molecule has 142 valence electrons. The number of benzene rings is 1. The van der Waals surface area contributed by atoms with Crippen molar-refractivity contribution in [2.45, 2.75) is 44.7 Å². The summed E-state index contributed by atoms with van der Waals surface area (Å²) in [6.45, 7) is 2.28. The fourth-order valence-electron chi connectivity index (χ4n) is 4.06. The van der Waals surface area contributed by atoms with Crippen LogP contribution in [0, 0.1) is 5.82 Å². The molecule has 0 radical (unpaired) electrons. The number of nitrogens with two attached hydrogens (primary N) is 1. The SMILES string of the molecule is NCCCCN(Cc1nc2c(F)cccc2[nH]1)C1CCCc2cccnc21. The fourth-order valence-corrected chi connectivity index (χ4v) is 4.06. The molecule has 0 bridgehead atoms. The summed E-state index contributed by atoms with van der Waals surface area (Å²) in [5.41, 5.74) is 9.38. The number of nitrogens with zero attached hydrogens (tertiary/aromatic N) is 3. The second-order valence-electron chi connectivity index (χ2n) is 7.24. The minimum atomic E-state index is -0.283. The van der Waals surface area contributed by atoms with Crippen LogP contribution in [0.5, 0.6) is 0 Å². The van der Waals surface area contributed by atoms with Crippen LogP contribution in [0.3, 0.4) is 0 Å². The van der Waals surface area contributed by atoms with Crippen molar-refractivity contribution in [2.75, 3.05) is 13.1 Å². The minimum absolute atomic E-state index is 0.269. The molecule has 0 amide bonds. The molecule has 1 atom stereocenters. The molecule has 1 aliphatic carbocycles. The smallest absolute Gasteiger partial charge is 0.151 e. The quantitative estimate of drug-likeness (QED) is 0.625. The van der Waals surface area contributed by atoms with Crippen LogP contribution in [0.15, 0.2) is 36.5 Å². The lowest BCUT2D eigenvalue weighted by Gasteiger charge is -2.34. The largest absolute Gasteiger partial charge is 0.341 e. The number of rotatable bonds is 7. The summed E-state index contributed by atoms with van der Waals surface area (Å²) in [6, 6.07) is 9.49. The molecule has 0 aliphatic heterocycles. The molecule has 27 heavy (non-hydrogen) atoms. The van der Waals surface area contributed by atoms with Gasteiger partial charge >= 0.3 is 0 Å². The van der Waals surface area contributed by atoms with Gasteiger partial charge in [-0.1, -0.05) is 12.1 Å². The molecule has 3 aromatic rings. The van der Waals surface area contributed by atoms with Crippen molar-refractivity contribution >= 4 is 11.0 Å². The summed E-state index contributed by atoms with van der Waals surface area (Å²) in [7, 11) is 0. The van der Waals surface area contributed by atoms with E-state index >= 15 is 0 Å². The molecule has 0 saturated heterocycles. The third kappa shape index (κ3) is 3.87. The second-order valence-corrected chi connectivity index (χ2v) is 7.24. The maximum atomic E-state index is 14.0. The minimum Gasteiger partial charge on any atom is -0.341 e. The number of hydrogen-bond donors (Lipinski definition) is 2. The van der Waals surface area contributed by atoms with Gasteiger partial charge < -0.3 is 10.7 Å². The van der Waals surface area contributed by atoms with Crippen molar-refractivity contribution < 1.29 is 4.39 Å². The average Bonchev–Trinajstić information content (AvgIpc) is 3.11. The van der Waals surface area contributed by atoms with Crippen LogP contribution in [0.25, 0.3) is 11.0 Å². The molecule has 2 aromatic heterocycles. The van der Waals surface area contributed by atoms with Gasteiger partial charge in [-0.05, 0) is 69.0 Å². The first kappa shape index (κ1) is 18.1. The third-order valence-electron chi connectivity index (χ3n) is 5.37. The standard InChI is InChI=1S/C21H26FN5/c22-16-8-4-9-17-21(16)26-19(25-17)14-27(13-2-1-11-23)18-10-3-6-15-7-5-12-24-20(15)18/h4-5,7-9,12,18H,1-3,6,10-11,13-14,23H2,(H,25,26). The monoisotopic (exact) mass is 367 g/mol. The summed E-state index contributed by atoms with van der Waals surface area (Å²) in [5, 5.41) is 0. The van der Waals surface area contributed by atoms with Crippen molar-refractivity contribution in [3.63, 3.8) is 0 Å². The van der Waals surface area contributed by atoms with Crippen LogP contribution in [0.1, 0.15) is 48.8 Å². The van der Waals surface area contributed by atoms with E-state index in [0.29, 0.717) is 18.6 Å². The number of H-pyrrole nitrogens is 1. The lowest BCUT2D eigenvalue weighted by molar-refractivity contribution is 0.159. The number of halogens is 1. The van der Waals surface area contributed by atoms with E-state index in [1.807, 2.05) is 18.3 Å². The number of nitrogens with one attached hydrogen (secondary N) is 1. The number of hydrogen-bond acceptors (Lipinski definition) is 4. The summed E-state index contributed by atoms with van der Waals surface area (Å²) in [6.07, 6.45) is 7.24. The summed E-state index contributed by atoms with van der Waals surface area (Å²) < 4.78 is 14.0. The summed E-state index contributed by atoms with van der Waals surface area (Å²) >= 11 is 0. The highest BCUT2D eigenvalue weighted by atomic mass is 19.1. The van der Waals surface area contributed by atoms with E-state index in [4.69, 9.17) is 10.7 Å². The second kappa shape index (κ2) is 8.15. The topological polar surface area (TPSA) is 70.8 Å². The molecule has 5 nitrogen and oxygen atoms in total. The van der Waals surface area contributed by atoms with Crippen molar-refractivity contribution in [2.24, 2.45) is 5.73 Å². The van der Waals surface area contributed by atoms with Crippen molar-refractivity contribution in [3.8, 4) is 0 Å². The van der Waals surface area contributed by atoms with Crippen LogP contribution in [-0.4, -0.2) is 32.9 Å². The number of fused-ring (bicyclic) bond motifs is 2. The van der Waals surface area contributed by atoms with E-state index in [2.05, 4.69) is 20.9 Å². The summed E-state index contributed by atoms with van der Waals surface area (Å²) in [5.74, 6) is 0.514. The Kier molecular flexibility index (Phi) is 5.45. The first-order valence-corrected chi connectivity index (χ1v) is 9.77. The van der Waals surface area contributed by atoms with Crippen molar-refractivity contribution in [3.05, 3.63) is 59.4 Å². The van der Waals surface area contributed by atoms with E-state index in [-0.39, 0.29) is 11.9 Å². The number of aryl methyl sites for hydroxylation is 1. The van der Waals surface area contributed by atoms with E-state index in [1.165, 1.54) is 17.3 Å².